The fourth-order valence-electron chi connectivity index (χ4n) is 2.73. The van der Waals surface area contributed by atoms with Gasteiger partial charge in [0.1, 0.15) is 12.4 Å². The number of alkyl halides is 1. The second-order valence-electron chi connectivity index (χ2n) is 5.39. The van der Waals surface area contributed by atoms with Crippen molar-refractivity contribution in [3.05, 3.63) is 64.4 Å². The van der Waals surface area contributed by atoms with Crippen LogP contribution < -0.4 is 4.90 Å². The molecule has 6 heteroatoms. The molecule has 1 aliphatic rings. The summed E-state index contributed by atoms with van der Waals surface area (Å²) in [5, 5.41) is 0.504. The molecular weight excluding hydrogens is 350 g/mol. The summed E-state index contributed by atoms with van der Waals surface area (Å²) in [6.45, 7) is 0.440. The predicted molar refractivity (Wildman–Crippen MR) is 96.0 cm³/mol. The SMILES string of the molecule is O=C1CN=C(c2ccccc2F)c2cc(Cl)ccc2N1CCCCl. The number of hydrogen-bond acceptors (Lipinski definition) is 2. The van der Waals surface area contributed by atoms with E-state index in [1.165, 1.54) is 6.07 Å². The van der Waals surface area contributed by atoms with E-state index >= 15 is 0 Å². The van der Waals surface area contributed by atoms with E-state index in [0.717, 1.165) is 0 Å². The third kappa shape index (κ3) is 3.30. The lowest BCUT2D eigenvalue weighted by Crippen LogP contribution is -2.33. The molecule has 0 atom stereocenters. The summed E-state index contributed by atoms with van der Waals surface area (Å²) in [7, 11) is 0. The fourth-order valence-corrected chi connectivity index (χ4v) is 3.02. The van der Waals surface area contributed by atoms with Gasteiger partial charge in [0.05, 0.1) is 11.4 Å². The van der Waals surface area contributed by atoms with Crippen LogP contribution in [-0.2, 0) is 4.79 Å². The first-order chi connectivity index (χ1) is 11.6. The number of nitrogens with zero attached hydrogens (tertiary/aromatic N) is 2. The van der Waals surface area contributed by atoms with Gasteiger partial charge in [-0.3, -0.25) is 9.79 Å². The number of benzodiazepines with no additional fused rings is 1. The van der Waals surface area contributed by atoms with Crippen molar-refractivity contribution in [2.45, 2.75) is 6.42 Å². The molecule has 124 valence electrons. The fraction of sp³-hybridized carbons (Fsp3) is 0.222. The Bertz CT molecular complexity index is 807. The summed E-state index contributed by atoms with van der Waals surface area (Å²) in [4.78, 5) is 18.5. The van der Waals surface area contributed by atoms with Gasteiger partial charge in [0.15, 0.2) is 0 Å². The Morgan fingerprint density at radius 1 is 1.17 bits per heavy atom. The number of aliphatic imine (C=N–C) groups is 1. The number of fused-ring (bicyclic) bond motifs is 1. The van der Waals surface area contributed by atoms with E-state index < -0.39 is 0 Å². The maximum Gasteiger partial charge on any atom is 0.248 e. The summed E-state index contributed by atoms with van der Waals surface area (Å²) < 4.78 is 14.3. The first kappa shape index (κ1) is 16.9. The van der Waals surface area contributed by atoms with Gasteiger partial charge in [-0.1, -0.05) is 23.7 Å². The first-order valence-electron chi connectivity index (χ1n) is 7.57. The molecule has 0 spiro atoms. The largest absolute Gasteiger partial charge is 0.310 e. The summed E-state index contributed by atoms with van der Waals surface area (Å²) in [6.07, 6.45) is 0.657. The van der Waals surface area contributed by atoms with Gasteiger partial charge in [0, 0.05) is 28.6 Å². The van der Waals surface area contributed by atoms with Crippen LogP contribution in [0.15, 0.2) is 47.5 Å². The lowest BCUT2D eigenvalue weighted by molar-refractivity contribution is -0.117. The molecule has 0 saturated carbocycles. The monoisotopic (exact) mass is 364 g/mol. The second-order valence-corrected chi connectivity index (χ2v) is 6.21. The summed E-state index contributed by atoms with van der Waals surface area (Å²) in [5.41, 5.74) is 2.11. The van der Waals surface area contributed by atoms with Crippen LogP contribution in [0.2, 0.25) is 5.02 Å². The number of carbonyl (C=O) groups is 1. The molecule has 0 N–H and O–H groups in total. The van der Waals surface area contributed by atoms with E-state index in [0.29, 0.717) is 46.4 Å². The molecule has 2 aromatic carbocycles. The van der Waals surface area contributed by atoms with Crippen LogP contribution in [0.3, 0.4) is 0 Å². The van der Waals surface area contributed by atoms with Gasteiger partial charge >= 0.3 is 0 Å². The van der Waals surface area contributed by atoms with Crippen LogP contribution >= 0.6 is 23.2 Å². The molecule has 1 aliphatic heterocycles. The third-order valence-corrected chi connectivity index (χ3v) is 4.32. The standard InChI is InChI=1S/C18H15Cl2FN2O/c19-8-3-9-23-16-7-6-12(20)10-14(16)18(22-11-17(23)24)13-4-1-2-5-15(13)21/h1-2,4-7,10H,3,8-9,11H2. The zero-order valence-corrected chi connectivity index (χ0v) is 14.3. The minimum atomic E-state index is -0.385. The number of halogens is 3. The average Bonchev–Trinajstić information content (AvgIpc) is 2.70. The number of hydrogen-bond donors (Lipinski definition) is 0. The topological polar surface area (TPSA) is 32.7 Å². The first-order valence-corrected chi connectivity index (χ1v) is 8.48. The molecule has 0 aromatic heterocycles. The quantitative estimate of drug-likeness (QED) is 0.744. The summed E-state index contributed by atoms with van der Waals surface area (Å²) >= 11 is 11.9. The van der Waals surface area contributed by atoms with Crippen molar-refractivity contribution in [3.8, 4) is 0 Å². The molecule has 2 aromatic rings. The van der Waals surface area contributed by atoms with Crippen LogP contribution in [-0.4, -0.2) is 30.6 Å². The van der Waals surface area contributed by atoms with E-state index in [1.807, 2.05) is 0 Å². The maximum absolute atomic E-state index is 14.3. The lowest BCUT2D eigenvalue weighted by atomic mass is 9.99. The van der Waals surface area contributed by atoms with Gasteiger partial charge in [-0.15, -0.1) is 11.6 Å². The van der Waals surface area contributed by atoms with Crippen molar-refractivity contribution in [2.75, 3.05) is 23.9 Å². The molecule has 0 saturated heterocycles. The Morgan fingerprint density at radius 3 is 2.71 bits per heavy atom. The minimum absolute atomic E-state index is 0.0434. The molecule has 0 fully saturated rings. The Morgan fingerprint density at radius 2 is 1.96 bits per heavy atom. The van der Waals surface area contributed by atoms with Crippen molar-refractivity contribution in [3.63, 3.8) is 0 Å². The molecule has 1 heterocycles. The molecule has 0 radical (unpaired) electrons. The van der Waals surface area contributed by atoms with Gasteiger partial charge in [-0.25, -0.2) is 4.39 Å². The van der Waals surface area contributed by atoms with E-state index in [2.05, 4.69) is 4.99 Å². The van der Waals surface area contributed by atoms with Gasteiger partial charge in [-0.2, -0.15) is 0 Å². The highest BCUT2D eigenvalue weighted by Gasteiger charge is 2.26. The maximum atomic E-state index is 14.3. The lowest BCUT2D eigenvalue weighted by Gasteiger charge is -2.23. The minimum Gasteiger partial charge on any atom is -0.310 e. The van der Waals surface area contributed by atoms with Gasteiger partial charge in [0.2, 0.25) is 5.91 Å². The molecule has 0 aliphatic carbocycles. The molecular formula is C18H15Cl2FN2O. The highest BCUT2D eigenvalue weighted by atomic mass is 35.5. The average molecular weight is 365 g/mol. The number of amides is 1. The van der Waals surface area contributed by atoms with Crippen molar-refractivity contribution in [2.24, 2.45) is 4.99 Å². The highest BCUT2D eigenvalue weighted by molar-refractivity contribution is 6.32. The van der Waals surface area contributed by atoms with Gasteiger partial charge < -0.3 is 4.90 Å². The Labute approximate surface area is 149 Å². The number of benzene rings is 2. The van der Waals surface area contributed by atoms with E-state index in [4.69, 9.17) is 23.2 Å². The zero-order valence-electron chi connectivity index (χ0n) is 12.8. The van der Waals surface area contributed by atoms with E-state index in [1.54, 1.807) is 41.3 Å². The molecule has 0 bridgehead atoms. The number of rotatable bonds is 4. The van der Waals surface area contributed by atoms with Gasteiger partial charge in [-0.05, 0) is 36.8 Å². The molecule has 3 rings (SSSR count). The molecule has 0 unspecified atom stereocenters. The van der Waals surface area contributed by atoms with Crippen LogP contribution in [0.1, 0.15) is 17.5 Å². The molecule has 1 amide bonds. The number of anilines is 1. The van der Waals surface area contributed by atoms with Gasteiger partial charge in [0.25, 0.3) is 0 Å². The third-order valence-electron chi connectivity index (χ3n) is 3.82. The van der Waals surface area contributed by atoms with Crippen LogP contribution in [0.25, 0.3) is 0 Å². The highest BCUT2D eigenvalue weighted by Crippen LogP contribution is 2.30. The van der Waals surface area contributed by atoms with E-state index in [-0.39, 0.29) is 18.3 Å². The number of carbonyl (C=O) groups excluding carboxylic acids is 1. The van der Waals surface area contributed by atoms with Crippen molar-refractivity contribution >= 4 is 40.5 Å². The normalized spacial score (nSPS) is 14.2. The smallest absolute Gasteiger partial charge is 0.248 e. The zero-order chi connectivity index (χ0) is 17.1. The van der Waals surface area contributed by atoms with E-state index in [9.17, 15) is 9.18 Å². The Balaban J connectivity index is 2.16. The van der Waals surface area contributed by atoms with Crippen LogP contribution in [0, 0.1) is 5.82 Å². The molecule has 3 nitrogen and oxygen atoms in total. The van der Waals surface area contributed by atoms with Crippen molar-refractivity contribution < 1.29 is 9.18 Å². The van der Waals surface area contributed by atoms with Crippen molar-refractivity contribution in [1.29, 1.82) is 0 Å². The Kier molecular flexibility index (Phi) is 5.17. The van der Waals surface area contributed by atoms with Crippen LogP contribution in [0.5, 0.6) is 0 Å². The second kappa shape index (κ2) is 7.32. The summed E-state index contributed by atoms with van der Waals surface area (Å²) in [5.74, 6) is -0.0767. The predicted octanol–water partition coefficient (Wildman–Crippen LogP) is 4.29. The summed E-state index contributed by atoms with van der Waals surface area (Å²) in [6, 6.07) is 11.6. The van der Waals surface area contributed by atoms with Crippen molar-refractivity contribution in [1.82, 2.24) is 0 Å². The molecule has 24 heavy (non-hydrogen) atoms. The van der Waals surface area contributed by atoms with Crippen LogP contribution in [0.4, 0.5) is 10.1 Å². The Hall–Kier alpha value is -1.91.